The van der Waals surface area contributed by atoms with Crippen molar-refractivity contribution in [3.8, 4) is 11.6 Å². The third kappa shape index (κ3) is 7.76. The van der Waals surface area contributed by atoms with Crippen molar-refractivity contribution in [2.24, 2.45) is 7.05 Å². The number of carbonyl (C=O) groups is 1. The smallest absolute Gasteiger partial charge is 0.347 e. The molecule has 0 fully saturated rings. The van der Waals surface area contributed by atoms with Crippen molar-refractivity contribution in [2.75, 3.05) is 6.61 Å². The summed E-state index contributed by atoms with van der Waals surface area (Å²) in [5, 5.41) is 13.4. The van der Waals surface area contributed by atoms with E-state index in [-0.39, 0.29) is 12.5 Å². The second-order valence-corrected chi connectivity index (χ2v) is 8.61. The predicted molar refractivity (Wildman–Crippen MR) is 125 cm³/mol. The molecule has 182 valence electrons. The molecule has 0 atom stereocenters. The monoisotopic (exact) mass is 461 g/mol. The number of benzene rings is 1. The highest BCUT2D eigenvalue weighted by Gasteiger charge is 2.29. The zero-order valence-corrected chi connectivity index (χ0v) is 20.0. The van der Waals surface area contributed by atoms with E-state index < -0.39 is 22.8 Å². The van der Waals surface area contributed by atoms with Gasteiger partial charge in [-0.15, -0.1) is 5.10 Å². The summed E-state index contributed by atoms with van der Waals surface area (Å²) in [7, 11) is 1.43. The molecule has 1 heterocycles. The van der Waals surface area contributed by atoms with Gasteiger partial charge in [-0.3, -0.25) is 9.36 Å². The fourth-order valence-corrected chi connectivity index (χ4v) is 3.25. The van der Waals surface area contributed by atoms with E-state index in [4.69, 9.17) is 9.47 Å². The first-order valence-corrected chi connectivity index (χ1v) is 11.5. The number of ether oxygens (including phenoxy) is 2. The van der Waals surface area contributed by atoms with Gasteiger partial charge in [0.25, 0.3) is 5.88 Å². The average molecular weight is 462 g/mol. The highest BCUT2D eigenvalue weighted by molar-refractivity contribution is 5.76. The van der Waals surface area contributed by atoms with Crippen LogP contribution in [0.15, 0.2) is 33.9 Å². The second-order valence-electron chi connectivity index (χ2n) is 8.61. The van der Waals surface area contributed by atoms with Crippen LogP contribution in [0.2, 0.25) is 0 Å². The number of hydrogen-bond acceptors (Lipinski definition) is 6. The van der Waals surface area contributed by atoms with Crippen LogP contribution in [-0.2, 0) is 24.8 Å². The summed E-state index contributed by atoms with van der Waals surface area (Å²) < 4.78 is 13.5. The summed E-state index contributed by atoms with van der Waals surface area (Å²) in [6.07, 6.45) is 6.49. The van der Waals surface area contributed by atoms with Crippen LogP contribution in [0.4, 0.5) is 0 Å². The summed E-state index contributed by atoms with van der Waals surface area (Å²) in [6, 6.07) is 7.22. The van der Waals surface area contributed by atoms with Crippen molar-refractivity contribution >= 4 is 5.97 Å². The molecule has 0 unspecified atom stereocenters. The zero-order valence-electron chi connectivity index (χ0n) is 20.0. The molecule has 0 bridgehead atoms. The summed E-state index contributed by atoms with van der Waals surface area (Å²) in [5.74, 6) is -0.647. The maximum atomic E-state index is 12.4. The summed E-state index contributed by atoms with van der Waals surface area (Å²) in [4.78, 5) is 35.9. The summed E-state index contributed by atoms with van der Waals surface area (Å²) in [5.41, 5.74) is -1.36. The lowest BCUT2D eigenvalue weighted by molar-refractivity contribution is -0.152. The molecule has 33 heavy (non-hydrogen) atoms. The van der Waals surface area contributed by atoms with E-state index in [0.717, 1.165) is 42.2 Å². The molecule has 9 nitrogen and oxygen atoms in total. The molecule has 0 saturated heterocycles. The quantitative estimate of drug-likeness (QED) is 0.430. The fraction of sp³-hybridized carbons (Fsp3) is 0.583. The molecule has 1 aromatic carbocycles. The predicted octanol–water partition coefficient (Wildman–Crippen LogP) is 3.17. The van der Waals surface area contributed by atoms with Gasteiger partial charge in [-0.25, -0.2) is 14.3 Å². The van der Waals surface area contributed by atoms with Gasteiger partial charge in [-0.2, -0.15) is 0 Å². The normalized spacial score (nSPS) is 11.4. The molecular formula is C24H35N3O6. The molecule has 0 amide bonds. The van der Waals surface area contributed by atoms with Crippen molar-refractivity contribution in [1.29, 1.82) is 0 Å². The minimum atomic E-state index is -1.33. The molecule has 2 rings (SSSR count). The van der Waals surface area contributed by atoms with Crippen LogP contribution in [0, 0.1) is 0 Å². The number of hydrogen-bond donors (Lipinski definition) is 1. The Kier molecular flexibility index (Phi) is 9.69. The summed E-state index contributed by atoms with van der Waals surface area (Å²) >= 11 is 0. The molecular weight excluding hydrogens is 426 g/mol. The standard InChI is InChI=1S/C24H35N3O6/c1-5-6-7-8-9-15-27-23(31)26(4)21(28)20(25-27)32-16-11-13-18-12-10-14-19(17-18)33-24(2,3)22(29)30/h10,12,14,17H,5-9,11,13,15-16H2,1-4H3,(H,29,30). The van der Waals surface area contributed by atoms with Gasteiger partial charge in [0, 0.05) is 13.6 Å². The first-order valence-electron chi connectivity index (χ1n) is 11.5. The van der Waals surface area contributed by atoms with Gasteiger partial charge in [0.2, 0.25) is 0 Å². The number of aliphatic carboxylic acids is 1. The Morgan fingerprint density at radius 3 is 2.55 bits per heavy atom. The molecule has 0 saturated carbocycles. The Balaban J connectivity index is 1.94. The number of unbranched alkanes of at least 4 members (excludes halogenated alkanes) is 4. The fourth-order valence-electron chi connectivity index (χ4n) is 3.25. The first-order chi connectivity index (χ1) is 15.7. The maximum absolute atomic E-state index is 12.4. The molecule has 0 radical (unpaired) electrons. The van der Waals surface area contributed by atoms with Crippen LogP contribution in [-0.4, -0.2) is 37.6 Å². The molecule has 0 aliphatic carbocycles. The first kappa shape index (κ1) is 26.2. The Morgan fingerprint density at radius 1 is 1.12 bits per heavy atom. The third-order valence-electron chi connectivity index (χ3n) is 5.32. The number of aromatic nitrogens is 3. The maximum Gasteiger partial charge on any atom is 0.347 e. The van der Waals surface area contributed by atoms with E-state index in [1.54, 1.807) is 18.2 Å². The molecule has 2 aromatic rings. The lowest BCUT2D eigenvalue weighted by Crippen LogP contribution is -2.40. The lowest BCUT2D eigenvalue weighted by Gasteiger charge is -2.21. The van der Waals surface area contributed by atoms with Crippen LogP contribution in [0.3, 0.4) is 0 Å². The molecule has 0 spiro atoms. The van der Waals surface area contributed by atoms with Crippen LogP contribution in [0.5, 0.6) is 11.6 Å². The highest BCUT2D eigenvalue weighted by Crippen LogP contribution is 2.20. The minimum absolute atomic E-state index is 0.0778. The van der Waals surface area contributed by atoms with Crippen LogP contribution < -0.4 is 20.7 Å². The van der Waals surface area contributed by atoms with Gasteiger partial charge >= 0.3 is 17.2 Å². The van der Waals surface area contributed by atoms with Gasteiger partial charge in [0.05, 0.1) is 6.61 Å². The largest absolute Gasteiger partial charge is 0.478 e. The van der Waals surface area contributed by atoms with Crippen LogP contribution in [0.25, 0.3) is 0 Å². The average Bonchev–Trinajstić information content (AvgIpc) is 2.77. The molecule has 0 aliphatic rings. The Morgan fingerprint density at radius 2 is 1.85 bits per heavy atom. The third-order valence-corrected chi connectivity index (χ3v) is 5.32. The number of aryl methyl sites for hydroxylation is 2. The van der Waals surface area contributed by atoms with Crippen LogP contribution >= 0.6 is 0 Å². The Labute approximate surface area is 194 Å². The number of rotatable bonds is 14. The van der Waals surface area contributed by atoms with E-state index in [9.17, 15) is 19.5 Å². The Hall–Kier alpha value is -3.10. The topological polar surface area (TPSA) is 113 Å². The number of carboxylic acids is 1. The van der Waals surface area contributed by atoms with E-state index in [2.05, 4.69) is 12.0 Å². The van der Waals surface area contributed by atoms with Crippen LogP contribution in [0.1, 0.15) is 64.9 Å². The van der Waals surface area contributed by atoms with E-state index in [0.29, 0.717) is 25.1 Å². The zero-order chi connectivity index (χ0) is 24.4. The summed E-state index contributed by atoms with van der Waals surface area (Å²) in [6.45, 7) is 5.84. The highest BCUT2D eigenvalue weighted by atomic mass is 16.5. The molecule has 0 aliphatic heterocycles. The van der Waals surface area contributed by atoms with Crippen molar-refractivity contribution < 1.29 is 19.4 Å². The number of carboxylic acid groups (broad SMARTS) is 1. The molecule has 1 N–H and O–H groups in total. The number of nitrogens with zero attached hydrogens (tertiary/aromatic N) is 3. The van der Waals surface area contributed by atoms with Gasteiger partial charge in [-0.05, 0) is 50.8 Å². The molecule has 1 aromatic heterocycles. The Bertz CT molecular complexity index is 1040. The van der Waals surface area contributed by atoms with Crippen molar-refractivity contribution in [3.63, 3.8) is 0 Å². The van der Waals surface area contributed by atoms with E-state index in [1.165, 1.54) is 25.6 Å². The van der Waals surface area contributed by atoms with Gasteiger partial charge in [0.15, 0.2) is 5.60 Å². The van der Waals surface area contributed by atoms with E-state index >= 15 is 0 Å². The van der Waals surface area contributed by atoms with Gasteiger partial charge in [-0.1, -0.05) is 44.7 Å². The van der Waals surface area contributed by atoms with E-state index in [1.807, 2.05) is 6.07 Å². The van der Waals surface area contributed by atoms with Crippen molar-refractivity contribution in [2.45, 2.75) is 77.9 Å². The lowest BCUT2D eigenvalue weighted by atomic mass is 10.1. The van der Waals surface area contributed by atoms with Crippen molar-refractivity contribution in [3.05, 3.63) is 50.7 Å². The van der Waals surface area contributed by atoms with Gasteiger partial charge in [0.1, 0.15) is 5.75 Å². The molecule has 9 heteroatoms. The second kappa shape index (κ2) is 12.2. The minimum Gasteiger partial charge on any atom is -0.478 e. The van der Waals surface area contributed by atoms with Crippen molar-refractivity contribution in [1.82, 2.24) is 14.3 Å². The van der Waals surface area contributed by atoms with Gasteiger partial charge < -0.3 is 14.6 Å². The SMILES string of the molecule is CCCCCCCn1nc(OCCCc2cccc(OC(C)(C)C(=O)O)c2)c(=O)n(C)c1=O.